The van der Waals surface area contributed by atoms with Crippen LogP contribution < -0.4 is 9.64 Å². The molecule has 2 saturated heterocycles. The molecule has 0 radical (unpaired) electrons. The number of anilines is 1. The summed E-state index contributed by atoms with van der Waals surface area (Å²) >= 11 is 0. The Labute approximate surface area is 178 Å². The van der Waals surface area contributed by atoms with Crippen LogP contribution in [0.1, 0.15) is 24.8 Å². The maximum atomic E-state index is 13.0. The van der Waals surface area contributed by atoms with Gasteiger partial charge in [-0.3, -0.25) is 19.4 Å². The quantitative estimate of drug-likeness (QED) is 0.689. The number of piperazine rings is 1. The van der Waals surface area contributed by atoms with Crippen LogP contribution in [0.4, 0.5) is 5.69 Å². The van der Waals surface area contributed by atoms with E-state index in [2.05, 4.69) is 15.9 Å². The standard InChI is InChI=1S/C24H29N3O3/c1-18(19-7-4-3-5-8-19)22-16-23(28)27(24(22)29)17-25-11-13-26(14-12-25)20-9-6-10-21(15-20)30-2/h3-10,15,18,22H,11-14,16-17H2,1-2H3. The van der Waals surface area contributed by atoms with Crippen molar-refractivity contribution < 1.29 is 14.3 Å². The number of nitrogens with zero attached hydrogens (tertiary/aromatic N) is 3. The number of carbonyl (C=O) groups excluding carboxylic acids is 2. The SMILES string of the molecule is COc1cccc(N2CCN(CN3C(=O)CC(C(C)c4ccccc4)C3=O)CC2)c1. The Morgan fingerprint density at radius 1 is 1.00 bits per heavy atom. The van der Waals surface area contributed by atoms with Gasteiger partial charge in [0.2, 0.25) is 11.8 Å². The average Bonchev–Trinajstić information content (AvgIpc) is 3.08. The Hall–Kier alpha value is -2.86. The number of carbonyl (C=O) groups is 2. The van der Waals surface area contributed by atoms with E-state index in [4.69, 9.17) is 4.74 Å². The molecular formula is C24H29N3O3. The fraction of sp³-hybridized carbons (Fsp3) is 0.417. The van der Waals surface area contributed by atoms with Crippen LogP contribution >= 0.6 is 0 Å². The Morgan fingerprint density at radius 3 is 2.43 bits per heavy atom. The number of ether oxygens (including phenoxy) is 1. The first-order valence-electron chi connectivity index (χ1n) is 10.6. The van der Waals surface area contributed by atoms with Crippen molar-refractivity contribution in [3.8, 4) is 5.75 Å². The molecule has 2 aromatic carbocycles. The molecule has 4 rings (SSSR count). The van der Waals surface area contributed by atoms with Crippen LogP contribution in [0.15, 0.2) is 54.6 Å². The molecule has 6 heteroatoms. The van der Waals surface area contributed by atoms with Crippen LogP contribution in [0.25, 0.3) is 0 Å². The Morgan fingerprint density at radius 2 is 1.73 bits per heavy atom. The fourth-order valence-corrected chi connectivity index (χ4v) is 4.39. The average molecular weight is 408 g/mol. The monoisotopic (exact) mass is 407 g/mol. The number of likely N-dealkylation sites (tertiary alicyclic amines) is 1. The third-order valence-corrected chi connectivity index (χ3v) is 6.34. The molecule has 0 bridgehead atoms. The molecule has 2 aliphatic rings. The van der Waals surface area contributed by atoms with Crippen molar-refractivity contribution in [1.29, 1.82) is 0 Å². The zero-order valence-electron chi connectivity index (χ0n) is 17.7. The van der Waals surface area contributed by atoms with Crippen LogP contribution in [0, 0.1) is 5.92 Å². The molecule has 0 saturated carbocycles. The molecule has 30 heavy (non-hydrogen) atoms. The van der Waals surface area contributed by atoms with Gasteiger partial charge in [0.1, 0.15) is 5.75 Å². The second kappa shape index (κ2) is 8.88. The van der Waals surface area contributed by atoms with Gasteiger partial charge in [0, 0.05) is 44.4 Å². The normalized spacial score (nSPS) is 21.2. The van der Waals surface area contributed by atoms with Crippen LogP contribution in [-0.2, 0) is 9.59 Å². The molecule has 2 aliphatic heterocycles. The molecule has 2 fully saturated rings. The summed E-state index contributed by atoms with van der Waals surface area (Å²) in [5, 5.41) is 0. The van der Waals surface area contributed by atoms with Gasteiger partial charge in [-0.15, -0.1) is 0 Å². The molecule has 2 heterocycles. The molecule has 2 amide bonds. The smallest absolute Gasteiger partial charge is 0.234 e. The lowest BCUT2D eigenvalue weighted by Crippen LogP contribution is -2.51. The first-order chi connectivity index (χ1) is 14.6. The van der Waals surface area contributed by atoms with E-state index in [1.807, 2.05) is 55.5 Å². The summed E-state index contributed by atoms with van der Waals surface area (Å²) in [5.41, 5.74) is 2.25. The van der Waals surface area contributed by atoms with Gasteiger partial charge < -0.3 is 9.64 Å². The van der Waals surface area contributed by atoms with Crippen LogP contribution in [-0.4, -0.2) is 61.6 Å². The van der Waals surface area contributed by atoms with Crippen molar-refractivity contribution in [2.45, 2.75) is 19.3 Å². The van der Waals surface area contributed by atoms with E-state index in [-0.39, 0.29) is 23.7 Å². The summed E-state index contributed by atoms with van der Waals surface area (Å²) in [5.74, 6) is 0.534. The van der Waals surface area contributed by atoms with Gasteiger partial charge in [0.05, 0.1) is 19.7 Å². The molecule has 2 unspecified atom stereocenters. The van der Waals surface area contributed by atoms with E-state index >= 15 is 0 Å². The number of hydrogen-bond donors (Lipinski definition) is 0. The number of hydrogen-bond acceptors (Lipinski definition) is 5. The van der Waals surface area contributed by atoms with Gasteiger partial charge in [0.25, 0.3) is 0 Å². The first kappa shape index (κ1) is 20.4. The second-order valence-corrected chi connectivity index (χ2v) is 8.12. The molecule has 0 N–H and O–H groups in total. The van der Waals surface area contributed by atoms with Crippen molar-refractivity contribution in [2.75, 3.05) is 44.9 Å². The first-order valence-corrected chi connectivity index (χ1v) is 10.6. The van der Waals surface area contributed by atoms with Crippen LogP contribution in [0.5, 0.6) is 5.75 Å². The molecular weight excluding hydrogens is 378 g/mol. The van der Waals surface area contributed by atoms with E-state index in [0.717, 1.165) is 43.2 Å². The van der Waals surface area contributed by atoms with Gasteiger partial charge in [-0.05, 0) is 23.6 Å². The number of benzene rings is 2. The number of amides is 2. The van der Waals surface area contributed by atoms with E-state index in [0.29, 0.717) is 13.1 Å². The summed E-state index contributed by atoms with van der Waals surface area (Å²) in [6.07, 6.45) is 0.304. The molecule has 0 aromatic heterocycles. The second-order valence-electron chi connectivity index (χ2n) is 8.12. The molecule has 2 atom stereocenters. The molecule has 6 nitrogen and oxygen atoms in total. The Kier molecular flexibility index (Phi) is 6.04. The van der Waals surface area contributed by atoms with E-state index in [1.165, 1.54) is 4.90 Å². The fourth-order valence-electron chi connectivity index (χ4n) is 4.39. The van der Waals surface area contributed by atoms with Gasteiger partial charge in [-0.2, -0.15) is 0 Å². The lowest BCUT2D eigenvalue weighted by Gasteiger charge is -2.37. The van der Waals surface area contributed by atoms with E-state index < -0.39 is 0 Å². The van der Waals surface area contributed by atoms with Crippen molar-refractivity contribution in [2.24, 2.45) is 5.92 Å². The number of methoxy groups -OCH3 is 1. The maximum Gasteiger partial charge on any atom is 0.234 e. The highest BCUT2D eigenvalue weighted by Crippen LogP contribution is 2.33. The minimum Gasteiger partial charge on any atom is -0.497 e. The molecule has 0 spiro atoms. The predicted octanol–water partition coefficient (Wildman–Crippen LogP) is 2.95. The van der Waals surface area contributed by atoms with Crippen molar-refractivity contribution in [3.63, 3.8) is 0 Å². The van der Waals surface area contributed by atoms with Crippen molar-refractivity contribution in [1.82, 2.24) is 9.80 Å². The van der Waals surface area contributed by atoms with Gasteiger partial charge in [-0.1, -0.05) is 43.3 Å². The van der Waals surface area contributed by atoms with Crippen LogP contribution in [0.3, 0.4) is 0 Å². The lowest BCUT2D eigenvalue weighted by molar-refractivity contribution is -0.142. The summed E-state index contributed by atoms with van der Waals surface area (Å²) in [6.45, 7) is 5.77. The summed E-state index contributed by atoms with van der Waals surface area (Å²) in [4.78, 5) is 31.6. The Balaban J connectivity index is 1.35. The van der Waals surface area contributed by atoms with Crippen molar-refractivity contribution >= 4 is 17.5 Å². The maximum absolute atomic E-state index is 13.0. The highest BCUT2D eigenvalue weighted by molar-refractivity contribution is 6.03. The van der Waals surface area contributed by atoms with Gasteiger partial charge >= 0.3 is 0 Å². The van der Waals surface area contributed by atoms with Gasteiger partial charge in [0.15, 0.2) is 0 Å². The summed E-state index contributed by atoms with van der Waals surface area (Å²) in [7, 11) is 1.67. The number of rotatable bonds is 6. The van der Waals surface area contributed by atoms with E-state index in [9.17, 15) is 9.59 Å². The molecule has 158 valence electrons. The summed E-state index contributed by atoms with van der Waals surface area (Å²) < 4.78 is 5.32. The van der Waals surface area contributed by atoms with Crippen LogP contribution in [0.2, 0.25) is 0 Å². The predicted molar refractivity (Wildman–Crippen MR) is 116 cm³/mol. The molecule has 0 aliphatic carbocycles. The highest BCUT2D eigenvalue weighted by atomic mass is 16.5. The van der Waals surface area contributed by atoms with Gasteiger partial charge in [-0.25, -0.2) is 0 Å². The third-order valence-electron chi connectivity index (χ3n) is 6.34. The largest absolute Gasteiger partial charge is 0.497 e. The third kappa shape index (κ3) is 4.19. The minimum absolute atomic E-state index is 0.0356. The highest BCUT2D eigenvalue weighted by Gasteiger charge is 2.42. The number of imide groups is 1. The van der Waals surface area contributed by atoms with Crippen molar-refractivity contribution in [3.05, 3.63) is 60.2 Å². The molecule has 2 aromatic rings. The van der Waals surface area contributed by atoms with E-state index in [1.54, 1.807) is 7.11 Å². The lowest BCUT2D eigenvalue weighted by atomic mass is 9.86. The zero-order valence-corrected chi connectivity index (χ0v) is 17.7. The summed E-state index contributed by atoms with van der Waals surface area (Å²) in [6, 6.07) is 18.0. The topological polar surface area (TPSA) is 53.1 Å². The Bertz CT molecular complexity index is 894. The zero-order chi connectivity index (χ0) is 21.1. The minimum atomic E-state index is -0.266.